The highest BCUT2D eigenvalue weighted by molar-refractivity contribution is 9.10. The molecule has 0 saturated carbocycles. The van der Waals surface area contributed by atoms with Crippen molar-refractivity contribution in [1.29, 1.82) is 0 Å². The van der Waals surface area contributed by atoms with E-state index in [4.69, 9.17) is 0 Å². The van der Waals surface area contributed by atoms with Crippen LogP contribution in [-0.4, -0.2) is 31.5 Å². The second kappa shape index (κ2) is 7.06. The zero-order valence-corrected chi connectivity index (χ0v) is 16.6. The molecule has 1 aromatic heterocycles. The Balaban J connectivity index is 1.76. The molecule has 0 amide bonds. The Morgan fingerprint density at radius 2 is 1.81 bits per heavy atom. The molecule has 1 aliphatic rings. The largest absolute Gasteiger partial charge is 0.382 e. The van der Waals surface area contributed by atoms with E-state index >= 15 is 0 Å². The van der Waals surface area contributed by atoms with E-state index in [-0.39, 0.29) is 4.90 Å². The predicted molar refractivity (Wildman–Crippen MR) is 108 cm³/mol. The third kappa shape index (κ3) is 3.15. The third-order valence-electron chi connectivity index (χ3n) is 4.77. The molecule has 0 unspecified atom stereocenters. The molecule has 1 saturated heterocycles. The summed E-state index contributed by atoms with van der Waals surface area (Å²) in [4.78, 5) is 0.259. The molecule has 4 rings (SSSR count). The number of hydrogen-bond acceptors (Lipinski definition) is 4. The van der Waals surface area contributed by atoms with E-state index in [1.807, 2.05) is 24.3 Å². The summed E-state index contributed by atoms with van der Waals surface area (Å²) in [7, 11) is -3.67. The molecular formula is C19H20BrN3O2S. The maximum Gasteiger partial charge on any atom is 0.269 e. The molecule has 2 N–H and O–H groups in total. The van der Waals surface area contributed by atoms with Crippen LogP contribution in [0, 0.1) is 0 Å². The van der Waals surface area contributed by atoms with Crippen LogP contribution < -0.4 is 10.6 Å². The smallest absolute Gasteiger partial charge is 0.269 e. The highest BCUT2D eigenvalue weighted by Gasteiger charge is 2.22. The number of hydrogen-bond donors (Lipinski definition) is 2. The van der Waals surface area contributed by atoms with E-state index in [0.717, 1.165) is 37.0 Å². The van der Waals surface area contributed by atoms with Gasteiger partial charge in [-0.15, -0.1) is 0 Å². The first-order valence-corrected chi connectivity index (χ1v) is 10.9. The van der Waals surface area contributed by atoms with Crippen molar-refractivity contribution in [2.24, 2.45) is 0 Å². The van der Waals surface area contributed by atoms with Gasteiger partial charge in [-0.2, -0.15) is 0 Å². The number of benzene rings is 2. The quantitative estimate of drug-likeness (QED) is 0.656. The summed E-state index contributed by atoms with van der Waals surface area (Å²) in [5.74, 6) is 0. The van der Waals surface area contributed by atoms with E-state index in [2.05, 4.69) is 26.6 Å². The number of piperidine rings is 1. The van der Waals surface area contributed by atoms with Gasteiger partial charge < -0.3 is 10.6 Å². The summed E-state index contributed by atoms with van der Waals surface area (Å²) in [6.45, 7) is 2.01. The predicted octanol–water partition coefficient (Wildman–Crippen LogP) is 3.80. The van der Waals surface area contributed by atoms with Crippen LogP contribution in [-0.2, 0) is 10.0 Å². The van der Waals surface area contributed by atoms with E-state index in [1.165, 1.54) is 3.97 Å². The normalized spacial score (nSPS) is 16.0. The van der Waals surface area contributed by atoms with Crippen LogP contribution in [0.1, 0.15) is 12.8 Å². The summed E-state index contributed by atoms with van der Waals surface area (Å²) in [6, 6.07) is 14.9. The molecule has 7 heteroatoms. The maximum absolute atomic E-state index is 13.1. The SMILES string of the molecule is O=S(=O)(c1ccccc1Br)n1ccc2c(NC3CCNCC3)cccc21. The average Bonchev–Trinajstić information content (AvgIpc) is 3.09. The van der Waals surface area contributed by atoms with Gasteiger partial charge in [0, 0.05) is 27.8 Å². The minimum atomic E-state index is -3.67. The van der Waals surface area contributed by atoms with Crippen LogP contribution in [0.4, 0.5) is 5.69 Å². The Bertz CT molecular complexity index is 1040. The molecular weight excluding hydrogens is 414 g/mol. The zero-order valence-electron chi connectivity index (χ0n) is 14.2. The maximum atomic E-state index is 13.1. The minimum absolute atomic E-state index is 0.259. The van der Waals surface area contributed by atoms with Crippen LogP contribution in [0.5, 0.6) is 0 Å². The lowest BCUT2D eigenvalue weighted by atomic mass is 10.1. The van der Waals surface area contributed by atoms with Crippen molar-refractivity contribution in [3.05, 3.63) is 59.2 Å². The first kappa shape index (κ1) is 17.6. The Hall–Kier alpha value is -1.83. The summed E-state index contributed by atoms with van der Waals surface area (Å²) in [6.07, 6.45) is 3.76. The topological polar surface area (TPSA) is 63.1 Å². The van der Waals surface area contributed by atoms with Gasteiger partial charge >= 0.3 is 0 Å². The number of nitrogens with one attached hydrogen (secondary N) is 2. The van der Waals surface area contributed by atoms with E-state index < -0.39 is 10.0 Å². The lowest BCUT2D eigenvalue weighted by Gasteiger charge is -2.25. The molecule has 0 aliphatic carbocycles. The number of fused-ring (bicyclic) bond motifs is 1. The van der Waals surface area contributed by atoms with E-state index in [0.29, 0.717) is 16.0 Å². The van der Waals surface area contributed by atoms with Crippen molar-refractivity contribution < 1.29 is 8.42 Å². The average molecular weight is 434 g/mol. The molecule has 136 valence electrons. The van der Waals surface area contributed by atoms with Crippen LogP contribution >= 0.6 is 15.9 Å². The molecule has 0 radical (unpaired) electrons. The second-order valence-corrected chi connectivity index (χ2v) is 9.09. The molecule has 0 bridgehead atoms. The Kier molecular flexibility index (Phi) is 4.77. The molecule has 1 aliphatic heterocycles. The summed E-state index contributed by atoms with van der Waals surface area (Å²) in [5.41, 5.74) is 1.66. The van der Waals surface area contributed by atoms with Gasteiger partial charge in [-0.25, -0.2) is 12.4 Å². The zero-order chi connectivity index (χ0) is 18.1. The highest BCUT2D eigenvalue weighted by atomic mass is 79.9. The Labute approximate surface area is 161 Å². The van der Waals surface area contributed by atoms with Crippen molar-refractivity contribution in [3.63, 3.8) is 0 Å². The lowest BCUT2D eigenvalue weighted by Crippen LogP contribution is -2.35. The Morgan fingerprint density at radius 3 is 2.58 bits per heavy atom. The van der Waals surface area contributed by atoms with Crippen LogP contribution in [0.3, 0.4) is 0 Å². The van der Waals surface area contributed by atoms with Crippen molar-refractivity contribution in [3.8, 4) is 0 Å². The van der Waals surface area contributed by atoms with Crippen molar-refractivity contribution in [1.82, 2.24) is 9.29 Å². The van der Waals surface area contributed by atoms with Crippen LogP contribution in [0.25, 0.3) is 10.9 Å². The minimum Gasteiger partial charge on any atom is -0.382 e. The van der Waals surface area contributed by atoms with Gasteiger partial charge in [0.25, 0.3) is 10.0 Å². The monoisotopic (exact) mass is 433 g/mol. The van der Waals surface area contributed by atoms with Gasteiger partial charge in [-0.1, -0.05) is 18.2 Å². The van der Waals surface area contributed by atoms with Crippen molar-refractivity contribution >= 4 is 42.5 Å². The van der Waals surface area contributed by atoms with Gasteiger partial charge in [-0.05, 0) is 72.2 Å². The number of rotatable bonds is 4. The molecule has 0 spiro atoms. The van der Waals surface area contributed by atoms with Crippen molar-refractivity contribution in [2.45, 2.75) is 23.8 Å². The first-order chi connectivity index (χ1) is 12.6. The molecule has 0 atom stereocenters. The standard InChI is InChI=1S/C19H20BrN3O2S/c20-16-4-1-2-7-19(16)26(24,25)23-13-10-15-17(5-3-6-18(15)23)22-14-8-11-21-12-9-14/h1-7,10,13-14,21-22H,8-9,11-12H2. The van der Waals surface area contributed by atoms with Gasteiger partial charge in [0.15, 0.2) is 0 Å². The van der Waals surface area contributed by atoms with Gasteiger partial charge in [0.1, 0.15) is 4.90 Å². The van der Waals surface area contributed by atoms with Crippen LogP contribution in [0.15, 0.2) is 64.1 Å². The van der Waals surface area contributed by atoms with Gasteiger partial charge in [0.2, 0.25) is 0 Å². The second-order valence-electron chi connectivity index (χ2n) is 6.45. The van der Waals surface area contributed by atoms with Crippen molar-refractivity contribution in [2.75, 3.05) is 18.4 Å². The Morgan fingerprint density at radius 1 is 1.04 bits per heavy atom. The van der Waals surface area contributed by atoms with Gasteiger partial charge in [0.05, 0.1) is 5.52 Å². The molecule has 2 heterocycles. The summed E-state index contributed by atoms with van der Waals surface area (Å²) in [5, 5.41) is 7.86. The summed E-state index contributed by atoms with van der Waals surface area (Å²) >= 11 is 3.35. The molecule has 3 aromatic rings. The fraction of sp³-hybridized carbons (Fsp3) is 0.263. The molecule has 5 nitrogen and oxygen atoms in total. The highest BCUT2D eigenvalue weighted by Crippen LogP contribution is 2.31. The molecule has 1 fully saturated rings. The fourth-order valence-electron chi connectivity index (χ4n) is 3.42. The van der Waals surface area contributed by atoms with E-state index in [1.54, 1.807) is 30.5 Å². The number of halogens is 1. The number of anilines is 1. The van der Waals surface area contributed by atoms with Gasteiger partial charge in [-0.3, -0.25) is 0 Å². The first-order valence-electron chi connectivity index (χ1n) is 8.65. The molecule has 26 heavy (non-hydrogen) atoms. The van der Waals surface area contributed by atoms with E-state index in [9.17, 15) is 8.42 Å². The number of nitrogens with zero attached hydrogens (tertiary/aromatic N) is 1. The lowest BCUT2D eigenvalue weighted by molar-refractivity contribution is 0.479. The molecule has 2 aromatic carbocycles. The number of aromatic nitrogens is 1. The fourth-order valence-corrected chi connectivity index (χ4v) is 5.74. The summed E-state index contributed by atoms with van der Waals surface area (Å²) < 4.78 is 28.2. The third-order valence-corrected chi connectivity index (χ3v) is 7.47. The van der Waals surface area contributed by atoms with Crippen LogP contribution in [0.2, 0.25) is 0 Å².